The number of nitriles is 1. The number of nitrogens with one attached hydrogen (secondary N) is 1. The zero-order valence-electron chi connectivity index (χ0n) is 22.5. The summed E-state index contributed by atoms with van der Waals surface area (Å²) in [5, 5.41) is 27.5. The molecule has 0 spiro atoms. The maximum Gasteiger partial charge on any atom is 0.356 e. The first-order valence-corrected chi connectivity index (χ1v) is 13.7. The van der Waals surface area contributed by atoms with Crippen LogP contribution in [-0.4, -0.2) is 47.9 Å². The number of carboxylic acids is 1. The van der Waals surface area contributed by atoms with Gasteiger partial charge >= 0.3 is 5.97 Å². The van der Waals surface area contributed by atoms with Gasteiger partial charge in [-0.05, 0) is 74.8 Å². The zero-order valence-corrected chi connectivity index (χ0v) is 23.2. The molecule has 11 heteroatoms. The second-order valence-electron chi connectivity index (χ2n) is 10.8. The average molecular weight is 557 g/mol. The van der Waals surface area contributed by atoms with Gasteiger partial charge in [0, 0.05) is 30.9 Å². The lowest BCUT2D eigenvalue weighted by Gasteiger charge is -2.40. The van der Waals surface area contributed by atoms with E-state index in [4.69, 9.17) is 21.6 Å². The standard InChI is InChI=1S/C29H29ClN8O2/c1-15-8-21(16(2)33-22-6-7-25(30)35-27(22)29(39)40)26-23(9-15)34-24(12-31)28(36-26)38-19-4-5-20(38)11-17(10-19)18-13-32-37(3)14-18/h6-9,13-14,16-17,19-20,33H,4-5,10-11H2,1-3H3,(H,39,40). The number of anilines is 2. The molecule has 2 saturated heterocycles. The van der Waals surface area contributed by atoms with Crippen LogP contribution in [0, 0.1) is 18.3 Å². The van der Waals surface area contributed by atoms with Crippen LogP contribution in [-0.2, 0) is 7.05 Å². The summed E-state index contributed by atoms with van der Waals surface area (Å²) in [4.78, 5) is 28.0. The van der Waals surface area contributed by atoms with E-state index in [1.165, 1.54) is 5.56 Å². The van der Waals surface area contributed by atoms with E-state index in [2.05, 4.69) is 32.6 Å². The monoisotopic (exact) mass is 556 g/mol. The zero-order chi connectivity index (χ0) is 28.1. The first-order valence-electron chi connectivity index (χ1n) is 13.4. The molecule has 1 aromatic carbocycles. The van der Waals surface area contributed by atoms with Crippen LogP contribution in [0.25, 0.3) is 11.0 Å². The van der Waals surface area contributed by atoms with Crippen molar-refractivity contribution in [1.29, 1.82) is 5.26 Å². The molecule has 3 aromatic heterocycles. The predicted molar refractivity (Wildman–Crippen MR) is 152 cm³/mol. The Labute approximate surface area is 236 Å². The second kappa shape index (κ2) is 10.1. The van der Waals surface area contributed by atoms with Gasteiger partial charge in [-0.1, -0.05) is 17.7 Å². The number of carbonyl (C=O) groups is 1. The fourth-order valence-electron chi connectivity index (χ4n) is 6.38. The number of nitrogens with zero attached hydrogens (tertiary/aromatic N) is 7. The van der Waals surface area contributed by atoms with Gasteiger partial charge < -0.3 is 15.3 Å². The second-order valence-corrected chi connectivity index (χ2v) is 11.2. The molecule has 0 amide bonds. The van der Waals surface area contributed by atoms with E-state index in [9.17, 15) is 15.2 Å². The number of pyridine rings is 1. The van der Waals surface area contributed by atoms with Crippen molar-refractivity contribution in [2.75, 3.05) is 10.2 Å². The van der Waals surface area contributed by atoms with E-state index in [0.29, 0.717) is 34.2 Å². The van der Waals surface area contributed by atoms with Gasteiger partial charge in [0.1, 0.15) is 11.2 Å². The third kappa shape index (κ3) is 4.60. The van der Waals surface area contributed by atoms with Gasteiger partial charge in [0.15, 0.2) is 17.2 Å². The lowest BCUT2D eigenvalue weighted by atomic mass is 9.86. The van der Waals surface area contributed by atoms with Crippen LogP contribution in [0.1, 0.15) is 77.4 Å². The van der Waals surface area contributed by atoms with Crippen molar-refractivity contribution in [3.63, 3.8) is 0 Å². The number of aromatic carboxylic acids is 1. The molecule has 0 aliphatic carbocycles. The summed E-state index contributed by atoms with van der Waals surface area (Å²) in [6, 6.07) is 9.64. The summed E-state index contributed by atoms with van der Waals surface area (Å²) in [5.41, 5.74) is 4.95. The molecule has 0 saturated carbocycles. The highest BCUT2D eigenvalue weighted by Gasteiger charge is 2.43. The highest BCUT2D eigenvalue weighted by molar-refractivity contribution is 6.29. The Kier molecular flexibility index (Phi) is 6.55. The van der Waals surface area contributed by atoms with Crippen molar-refractivity contribution in [2.45, 2.75) is 63.6 Å². The van der Waals surface area contributed by atoms with Crippen LogP contribution in [0.3, 0.4) is 0 Å². The fraction of sp³-hybridized carbons (Fsp3) is 0.379. The Morgan fingerprint density at radius 3 is 2.60 bits per heavy atom. The molecule has 2 bridgehead atoms. The van der Waals surface area contributed by atoms with E-state index in [0.717, 1.165) is 36.8 Å². The van der Waals surface area contributed by atoms with Crippen molar-refractivity contribution in [2.24, 2.45) is 7.05 Å². The number of hydrogen-bond acceptors (Lipinski definition) is 8. The molecule has 2 aliphatic heterocycles. The van der Waals surface area contributed by atoms with Gasteiger partial charge in [-0.2, -0.15) is 10.4 Å². The normalized spacial score (nSPS) is 20.9. The van der Waals surface area contributed by atoms with Crippen LogP contribution >= 0.6 is 11.6 Å². The van der Waals surface area contributed by atoms with Crippen molar-refractivity contribution >= 4 is 40.1 Å². The number of aryl methyl sites for hydroxylation is 2. The SMILES string of the molecule is Cc1cc(C(C)Nc2ccc(Cl)nc2C(=O)O)c2nc(N3C4CCC3CC(c3cnn(C)c3)C4)c(C#N)nc2c1. The molecular formula is C29H29ClN8O2. The molecule has 3 atom stereocenters. The summed E-state index contributed by atoms with van der Waals surface area (Å²) in [5.74, 6) is -0.110. The largest absolute Gasteiger partial charge is 0.476 e. The maximum absolute atomic E-state index is 11.8. The highest BCUT2D eigenvalue weighted by atomic mass is 35.5. The molecule has 0 radical (unpaired) electrons. The molecule has 40 heavy (non-hydrogen) atoms. The van der Waals surface area contributed by atoms with Crippen molar-refractivity contribution in [1.82, 2.24) is 24.7 Å². The van der Waals surface area contributed by atoms with Gasteiger partial charge in [-0.25, -0.2) is 19.7 Å². The first-order chi connectivity index (χ1) is 19.2. The number of benzene rings is 1. The third-order valence-electron chi connectivity index (χ3n) is 8.11. The third-order valence-corrected chi connectivity index (χ3v) is 8.32. The molecule has 3 unspecified atom stereocenters. The van der Waals surface area contributed by atoms with Gasteiger partial charge in [-0.3, -0.25) is 4.68 Å². The Balaban J connectivity index is 1.38. The summed E-state index contributed by atoms with van der Waals surface area (Å²) in [6.45, 7) is 3.91. The Morgan fingerprint density at radius 1 is 1.20 bits per heavy atom. The first kappa shape index (κ1) is 26.0. The van der Waals surface area contributed by atoms with E-state index in [1.807, 2.05) is 43.9 Å². The Bertz CT molecular complexity index is 1660. The molecule has 2 fully saturated rings. The number of aromatic nitrogens is 5. The van der Waals surface area contributed by atoms with Gasteiger partial charge in [0.05, 0.1) is 29.0 Å². The summed E-state index contributed by atoms with van der Waals surface area (Å²) < 4.78 is 1.85. The molecule has 4 aromatic rings. The highest BCUT2D eigenvalue weighted by Crippen LogP contribution is 2.45. The Morgan fingerprint density at radius 2 is 1.95 bits per heavy atom. The summed E-state index contributed by atoms with van der Waals surface area (Å²) in [6.07, 6.45) is 8.12. The molecule has 5 heterocycles. The van der Waals surface area contributed by atoms with E-state index < -0.39 is 5.97 Å². The lowest BCUT2D eigenvalue weighted by Crippen LogP contribution is -2.43. The summed E-state index contributed by atoms with van der Waals surface area (Å²) >= 11 is 5.95. The van der Waals surface area contributed by atoms with Crippen LogP contribution in [0.2, 0.25) is 5.15 Å². The van der Waals surface area contributed by atoms with Crippen LogP contribution < -0.4 is 10.2 Å². The van der Waals surface area contributed by atoms with E-state index >= 15 is 0 Å². The van der Waals surface area contributed by atoms with Crippen LogP contribution in [0.15, 0.2) is 36.7 Å². The number of piperidine rings is 1. The quantitative estimate of drug-likeness (QED) is 0.300. The van der Waals surface area contributed by atoms with E-state index in [-0.39, 0.29) is 29.0 Å². The molecule has 2 N–H and O–H groups in total. The van der Waals surface area contributed by atoms with Crippen molar-refractivity contribution in [3.8, 4) is 6.07 Å². The van der Waals surface area contributed by atoms with Gasteiger partial charge in [0.25, 0.3) is 0 Å². The molecule has 2 aliphatic rings. The Hall–Kier alpha value is -4.23. The smallest absolute Gasteiger partial charge is 0.356 e. The minimum atomic E-state index is -1.17. The molecule has 10 nitrogen and oxygen atoms in total. The van der Waals surface area contributed by atoms with Crippen molar-refractivity contribution in [3.05, 3.63) is 69.9 Å². The number of rotatable bonds is 6. The number of hydrogen-bond donors (Lipinski definition) is 2. The van der Waals surface area contributed by atoms with Crippen LogP contribution in [0.5, 0.6) is 0 Å². The topological polar surface area (TPSA) is 133 Å². The van der Waals surface area contributed by atoms with Crippen molar-refractivity contribution < 1.29 is 9.90 Å². The predicted octanol–water partition coefficient (Wildman–Crippen LogP) is 5.38. The average Bonchev–Trinajstić information content (AvgIpc) is 3.47. The number of halogens is 1. The minimum absolute atomic E-state index is 0.109. The molecule has 204 valence electrons. The van der Waals surface area contributed by atoms with Gasteiger partial charge in [-0.15, -0.1) is 0 Å². The lowest BCUT2D eigenvalue weighted by molar-refractivity contribution is 0.0691. The van der Waals surface area contributed by atoms with E-state index in [1.54, 1.807) is 12.1 Å². The van der Waals surface area contributed by atoms with Crippen LogP contribution in [0.4, 0.5) is 11.5 Å². The fourth-order valence-corrected chi connectivity index (χ4v) is 6.53. The minimum Gasteiger partial charge on any atom is -0.476 e. The summed E-state index contributed by atoms with van der Waals surface area (Å²) in [7, 11) is 1.94. The molecule has 6 rings (SSSR count). The number of carboxylic acid groups (broad SMARTS) is 1. The number of fused-ring (bicyclic) bond motifs is 3. The maximum atomic E-state index is 11.8. The molecular weight excluding hydrogens is 528 g/mol. The van der Waals surface area contributed by atoms with Gasteiger partial charge in [0.2, 0.25) is 0 Å².